The molecular formula is C22H24N2O. The summed E-state index contributed by atoms with van der Waals surface area (Å²) in [5.74, 6) is 0.548. The van der Waals surface area contributed by atoms with E-state index >= 15 is 0 Å². The van der Waals surface area contributed by atoms with Crippen LogP contribution in [0.5, 0.6) is 0 Å². The minimum atomic E-state index is 0.0503. The molecule has 2 aromatic carbocycles. The van der Waals surface area contributed by atoms with Crippen molar-refractivity contribution < 1.29 is 4.79 Å². The highest BCUT2D eigenvalue weighted by atomic mass is 16.2. The van der Waals surface area contributed by atoms with Crippen LogP contribution in [0.3, 0.4) is 0 Å². The van der Waals surface area contributed by atoms with Crippen molar-refractivity contribution in [3.8, 4) is 0 Å². The largest absolute Gasteiger partial charge is 0.309 e. The lowest BCUT2D eigenvalue weighted by Gasteiger charge is -2.29. The molecule has 0 aliphatic carbocycles. The molecule has 0 radical (unpaired) electrons. The number of benzene rings is 2. The fourth-order valence-corrected chi connectivity index (χ4v) is 4.26. The summed E-state index contributed by atoms with van der Waals surface area (Å²) >= 11 is 0. The Labute approximate surface area is 149 Å². The van der Waals surface area contributed by atoms with Gasteiger partial charge in [-0.1, -0.05) is 67.2 Å². The average molecular weight is 332 g/mol. The smallest absolute Gasteiger partial charge is 0.232 e. The Morgan fingerprint density at radius 2 is 1.60 bits per heavy atom. The third-order valence-corrected chi connectivity index (χ3v) is 5.61. The zero-order chi connectivity index (χ0) is 17.4. The van der Waals surface area contributed by atoms with Gasteiger partial charge in [0, 0.05) is 31.2 Å². The molecule has 0 N–H and O–H groups in total. The molecule has 0 aromatic heterocycles. The van der Waals surface area contributed by atoms with Gasteiger partial charge in [-0.2, -0.15) is 0 Å². The van der Waals surface area contributed by atoms with Crippen molar-refractivity contribution in [1.82, 2.24) is 9.80 Å². The molecule has 0 unspecified atom stereocenters. The minimum absolute atomic E-state index is 0.0503. The third-order valence-electron chi connectivity index (χ3n) is 5.61. The molecule has 2 fully saturated rings. The first-order valence-electron chi connectivity index (χ1n) is 8.98. The Kier molecular flexibility index (Phi) is 4.18. The minimum Gasteiger partial charge on any atom is -0.309 e. The van der Waals surface area contributed by atoms with E-state index in [9.17, 15) is 4.79 Å². The number of hydrogen-bond donors (Lipinski definition) is 0. The van der Waals surface area contributed by atoms with E-state index in [1.54, 1.807) is 0 Å². The number of hydrogen-bond acceptors (Lipinski definition) is 2. The molecule has 128 valence electrons. The standard InChI is InChI=1S/C22H24N2O/c1-16(19-11-7-4-8-12-19)24-17(2)20-14-23(15-21(20)22(24)25)13-18-9-5-3-6-10-18/h3-12,16,20-21H,2,13-15H2,1H3/t16-,20-,21-/m1/s1. The van der Waals surface area contributed by atoms with Gasteiger partial charge < -0.3 is 4.90 Å². The van der Waals surface area contributed by atoms with E-state index in [0.717, 1.165) is 30.9 Å². The molecule has 3 heteroatoms. The van der Waals surface area contributed by atoms with Crippen LogP contribution in [0.15, 0.2) is 72.9 Å². The second-order valence-electron chi connectivity index (χ2n) is 7.18. The summed E-state index contributed by atoms with van der Waals surface area (Å²) in [4.78, 5) is 17.4. The van der Waals surface area contributed by atoms with E-state index in [4.69, 9.17) is 0 Å². The van der Waals surface area contributed by atoms with Crippen molar-refractivity contribution in [2.75, 3.05) is 13.1 Å². The van der Waals surface area contributed by atoms with Crippen LogP contribution in [-0.4, -0.2) is 28.8 Å². The van der Waals surface area contributed by atoms with Gasteiger partial charge >= 0.3 is 0 Å². The second-order valence-corrected chi connectivity index (χ2v) is 7.18. The molecule has 0 spiro atoms. The second kappa shape index (κ2) is 6.49. The molecule has 0 bridgehead atoms. The molecule has 0 saturated carbocycles. The van der Waals surface area contributed by atoms with Crippen LogP contribution in [0.4, 0.5) is 0 Å². The number of rotatable bonds is 4. The van der Waals surface area contributed by atoms with Crippen molar-refractivity contribution in [3.63, 3.8) is 0 Å². The van der Waals surface area contributed by atoms with E-state index in [2.05, 4.69) is 54.8 Å². The summed E-state index contributed by atoms with van der Waals surface area (Å²) in [6.45, 7) is 9.05. The Bertz CT molecular complexity index is 747. The predicted molar refractivity (Wildman–Crippen MR) is 99.5 cm³/mol. The number of carbonyl (C=O) groups excluding carboxylic acids is 1. The molecule has 3 nitrogen and oxygen atoms in total. The van der Waals surface area contributed by atoms with Crippen LogP contribution < -0.4 is 0 Å². The molecule has 4 rings (SSSR count). The lowest BCUT2D eigenvalue weighted by Crippen LogP contribution is -2.33. The van der Waals surface area contributed by atoms with Crippen LogP contribution in [-0.2, 0) is 11.3 Å². The molecule has 2 aliphatic heterocycles. The molecule has 2 aromatic rings. The summed E-state index contributed by atoms with van der Waals surface area (Å²) in [5.41, 5.74) is 3.45. The molecule has 2 aliphatic rings. The number of fused-ring (bicyclic) bond motifs is 1. The van der Waals surface area contributed by atoms with Crippen molar-refractivity contribution in [1.29, 1.82) is 0 Å². The van der Waals surface area contributed by atoms with Crippen LogP contribution in [0.25, 0.3) is 0 Å². The Morgan fingerprint density at radius 1 is 1.00 bits per heavy atom. The number of nitrogens with zero attached hydrogens (tertiary/aromatic N) is 2. The van der Waals surface area contributed by atoms with Gasteiger partial charge in [-0.05, 0) is 18.1 Å². The molecular weight excluding hydrogens is 308 g/mol. The summed E-state index contributed by atoms with van der Waals surface area (Å²) in [7, 11) is 0. The zero-order valence-corrected chi connectivity index (χ0v) is 14.6. The summed E-state index contributed by atoms with van der Waals surface area (Å²) in [5, 5.41) is 0. The SMILES string of the molecule is C=C1[C@H]2CN(Cc3ccccc3)C[C@H]2C(=O)N1[C@H](C)c1ccccc1. The van der Waals surface area contributed by atoms with Crippen LogP contribution in [0, 0.1) is 11.8 Å². The topological polar surface area (TPSA) is 23.6 Å². The quantitative estimate of drug-likeness (QED) is 0.849. The molecule has 25 heavy (non-hydrogen) atoms. The first kappa shape index (κ1) is 16.1. The Morgan fingerprint density at radius 3 is 2.24 bits per heavy atom. The maximum atomic E-state index is 13.0. The van der Waals surface area contributed by atoms with Gasteiger partial charge in [-0.15, -0.1) is 0 Å². The normalized spacial score (nSPS) is 24.6. The van der Waals surface area contributed by atoms with Gasteiger partial charge in [-0.3, -0.25) is 9.69 Å². The van der Waals surface area contributed by atoms with E-state index in [0.29, 0.717) is 0 Å². The van der Waals surface area contributed by atoms with Gasteiger partial charge in [0.25, 0.3) is 0 Å². The van der Waals surface area contributed by atoms with Gasteiger partial charge in [0.15, 0.2) is 0 Å². The highest BCUT2D eigenvalue weighted by Gasteiger charge is 2.49. The predicted octanol–water partition coefficient (Wildman–Crippen LogP) is 3.85. The zero-order valence-electron chi connectivity index (χ0n) is 14.6. The number of amides is 1. The van der Waals surface area contributed by atoms with Crippen LogP contribution >= 0.6 is 0 Å². The summed E-state index contributed by atoms with van der Waals surface area (Å²) in [6.07, 6.45) is 0. The number of carbonyl (C=O) groups is 1. The maximum absolute atomic E-state index is 13.0. The summed E-state index contributed by atoms with van der Waals surface area (Å²) in [6, 6.07) is 20.7. The van der Waals surface area contributed by atoms with E-state index < -0.39 is 0 Å². The fourth-order valence-electron chi connectivity index (χ4n) is 4.26. The van der Waals surface area contributed by atoms with Crippen molar-refractivity contribution in [2.45, 2.75) is 19.5 Å². The lowest BCUT2D eigenvalue weighted by atomic mass is 9.98. The first-order chi connectivity index (χ1) is 12.1. The summed E-state index contributed by atoms with van der Waals surface area (Å²) < 4.78 is 0. The number of likely N-dealkylation sites (tertiary alicyclic amines) is 2. The highest BCUT2D eigenvalue weighted by molar-refractivity contribution is 5.85. The molecule has 2 heterocycles. The molecule has 3 atom stereocenters. The van der Waals surface area contributed by atoms with Crippen molar-refractivity contribution >= 4 is 5.91 Å². The van der Waals surface area contributed by atoms with E-state index in [1.807, 2.05) is 29.2 Å². The Balaban J connectivity index is 1.48. The molecule has 1 amide bonds. The fraction of sp³-hybridized carbons (Fsp3) is 0.318. The van der Waals surface area contributed by atoms with Gasteiger partial charge in [0.2, 0.25) is 5.91 Å². The lowest BCUT2D eigenvalue weighted by molar-refractivity contribution is -0.131. The van der Waals surface area contributed by atoms with Crippen molar-refractivity contribution in [3.05, 3.63) is 84.1 Å². The van der Waals surface area contributed by atoms with Crippen molar-refractivity contribution in [2.24, 2.45) is 11.8 Å². The van der Waals surface area contributed by atoms with E-state index in [1.165, 1.54) is 5.56 Å². The maximum Gasteiger partial charge on any atom is 0.232 e. The Hall–Kier alpha value is -2.39. The first-order valence-corrected chi connectivity index (χ1v) is 8.98. The third kappa shape index (κ3) is 2.89. The van der Waals surface area contributed by atoms with Crippen LogP contribution in [0.2, 0.25) is 0 Å². The monoisotopic (exact) mass is 332 g/mol. The highest BCUT2D eigenvalue weighted by Crippen LogP contribution is 2.43. The van der Waals surface area contributed by atoms with Gasteiger partial charge in [0.05, 0.1) is 12.0 Å². The van der Waals surface area contributed by atoms with E-state index in [-0.39, 0.29) is 23.8 Å². The average Bonchev–Trinajstić information content (AvgIpc) is 3.15. The van der Waals surface area contributed by atoms with Crippen LogP contribution in [0.1, 0.15) is 24.1 Å². The van der Waals surface area contributed by atoms with Gasteiger partial charge in [0.1, 0.15) is 0 Å². The van der Waals surface area contributed by atoms with Gasteiger partial charge in [-0.25, -0.2) is 0 Å². The molecule has 2 saturated heterocycles.